The van der Waals surface area contributed by atoms with Gasteiger partial charge in [-0.15, -0.1) is 0 Å². The van der Waals surface area contributed by atoms with E-state index in [0.717, 1.165) is 18.6 Å². The van der Waals surface area contributed by atoms with Crippen molar-refractivity contribution in [1.29, 1.82) is 0 Å². The minimum Gasteiger partial charge on any atom is -0.468 e. The Morgan fingerprint density at radius 1 is 1.42 bits per heavy atom. The topological polar surface area (TPSA) is 26.3 Å². The molecule has 0 aliphatic carbocycles. The molecule has 0 N–H and O–H groups in total. The molecule has 0 radical (unpaired) electrons. The van der Waals surface area contributed by atoms with Crippen molar-refractivity contribution in [3.05, 3.63) is 0 Å². The Hall–Kier alpha value is -0.250. The number of hydrogen-bond donors (Lipinski definition) is 0. The summed E-state index contributed by atoms with van der Waals surface area (Å²) in [4.78, 5) is 10.6. The van der Waals surface area contributed by atoms with E-state index in [4.69, 9.17) is 0 Å². The van der Waals surface area contributed by atoms with E-state index in [9.17, 15) is 9.18 Å². The molecule has 0 heterocycles. The predicted octanol–water partition coefficient (Wildman–Crippen LogP) is 2.03. The monoisotopic (exact) mass is 194 g/mol. The molecule has 0 aliphatic heterocycles. The third-order valence-electron chi connectivity index (χ3n) is 1.37. The zero-order chi connectivity index (χ0) is 9.23. The zero-order valence-electron chi connectivity index (χ0n) is 7.35. The van der Waals surface area contributed by atoms with Crippen LogP contribution in [0.5, 0.6) is 0 Å². The second-order valence-corrected chi connectivity index (χ2v) is 3.48. The van der Waals surface area contributed by atoms with Crippen LogP contribution in [0.3, 0.4) is 0 Å². The van der Waals surface area contributed by atoms with Gasteiger partial charge in [0.25, 0.3) is 0 Å². The van der Waals surface area contributed by atoms with Crippen LogP contribution >= 0.6 is 11.8 Å². The zero-order valence-corrected chi connectivity index (χ0v) is 8.16. The van der Waals surface area contributed by atoms with Gasteiger partial charge in [0.1, 0.15) is 0 Å². The number of thioether (sulfide) groups is 1. The number of rotatable bonds is 7. The van der Waals surface area contributed by atoms with Crippen LogP contribution < -0.4 is 0 Å². The molecule has 0 saturated carbocycles. The standard InChI is InChI=1S/C8H15FO2S/c1-11-8(10)7-12-6-4-2-3-5-9/h2-7H2,1H3. The third-order valence-corrected chi connectivity index (χ3v) is 2.39. The highest BCUT2D eigenvalue weighted by atomic mass is 32.2. The number of halogens is 1. The molecule has 0 bridgehead atoms. The number of ether oxygens (including phenoxy) is 1. The van der Waals surface area contributed by atoms with Gasteiger partial charge in [-0.2, -0.15) is 11.8 Å². The molecule has 2 nitrogen and oxygen atoms in total. The summed E-state index contributed by atoms with van der Waals surface area (Å²) in [5, 5.41) is 0. The van der Waals surface area contributed by atoms with E-state index in [1.54, 1.807) is 0 Å². The first-order valence-corrected chi connectivity index (χ1v) is 5.17. The molecule has 0 atom stereocenters. The highest BCUT2D eigenvalue weighted by Gasteiger charge is 1.98. The molecule has 4 heteroatoms. The number of alkyl halides is 1. The van der Waals surface area contributed by atoms with Gasteiger partial charge in [0.2, 0.25) is 0 Å². The number of unbranched alkanes of at least 4 members (excludes halogenated alkanes) is 2. The lowest BCUT2D eigenvalue weighted by molar-refractivity contribution is -0.137. The lowest BCUT2D eigenvalue weighted by Crippen LogP contribution is -2.03. The number of carbonyl (C=O) groups is 1. The summed E-state index contributed by atoms with van der Waals surface area (Å²) >= 11 is 1.54. The molecule has 0 saturated heterocycles. The van der Waals surface area contributed by atoms with Crippen molar-refractivity contribution in [3.63, 3.8) is 0 Å². The van der Waals surface area contributed by atoms with Crippen molar-refractivity contribution in [3.8, 4) is 0 Å². The van der Waals surface area contributed by atoms with E-state index >= 15 is 0 Å². The van der Waals surface area contributed by atoms with Gasteiger partial charge in [-0.25, -0.2) is 0 Å². The molecule has 72 valence electrons. The van der Waals surface area contributed by atoms with Gasteiger partial charge in [-0.1, -0.05) is 6.42 Å². The Kier molecular flexibility index (Phi) is 8.66. The highest BCUT2D eigenvalue weighted by molar-refractivity contribution is 7.99. The third kappa shape index (κ3) is 7.85. The molecular weight excluding hydrogens is 179 g/mol. The SMILES string of the molecule is COC(=O)CSCCCCCF. The van der Waals surface area contributed by atoms with Crippen molar-refractivity contribution in [2.45, 2.75) is 19.3 Å². The van der Waals surface area contributed by atoms with E-state index < -0.39 is 0 Å². The first kappa shape index (κ1) is 11.8. The molecule has 0 amide bonds. The summed E-state index contributed by atoms with van der Waals surface area (Å²) in [7, 11) is 1.38. The Morgan fingerprint density at radius 3 is 2.75 bits per heavy atom. The van der Waals surface area contributed by atoms with Crippen LogP contribution in [0, 0.1) is 0 Å². The van der Waals surface area contributed by atoms with Gasteiger partial charge in [-0.3, -0.25) is 9.18 Å². The van der Waals surface area contributed by atoms with Gasteiger partial charge in [0, 0.05) is 0 Å². The highest BCUT2D eigenvalue weighted by Crippen LogP contribution is 2.06. The predicted molar refractivity (Wildman–Crippen MR) is 49.2 cm³/mol. The van der Waals surface area contributed by atoms with Crippen LogP contribution in [0.15, 0.2) is 0 Å². The molecule has 0 aromatic rings. The van der Waals surface area contributed by atoms with Gasteiger partial charge < -0.3 is 4.74 Å². The van der Waals surface area contributed by atoms with Crippen LogP contribution in [-0.2, 0) is 9.53 Å². The van der Waals surface area contributed by atoms with Crippen LogP contribution in [0.1, 0.15) is 19.3 Å². The minimum atomic E-state index is -0.234. The number of hydrogen-bond acceptors (Lipinski definition) is 3. The molecule has 0 rings (SSSR count). The van der Waals surface area contributed by atoms with Crippen molar-refractivity contribution in [2.24, 2.45) is 0 Å². The Balaban J connectivity index is 2.95. The first-order valence-electron chi connectivity index (χ1n) is 4.01. The fourth-order valence-corrected chi connectivity index (χ4v) is 1.53. The van der Waals surface area contributed by atoms with E-state index in [2.05, 4.69) is 4.74 Å². The van der Waals surface area contributed by atoms with Gasteiger partial charge in [-0.05, 0) is 18.6 Å². The van der Waals surface area contributed by atoms with E-state index in [1.807, 2.05) is 0 Å². The van der Waals surface area contributed by atoms with Crippen LogP contribution in [0.2, 0.25) is 0 Å². The fraction of sp³-hybridized carbons (Fsp3) is 0.875. The molecule has 12 heavy (non-hydrogen) atoms. The van der Waals surface area contributed by atoms with Crippen LogP contribution in [-0.4, -0.2) is 31.3 Å². The summed E-state index contributed by atoms with van der Waals surface area (Å²) in [6, 6.07) is 0. The van der Waals surface area contributed by atoms with E-state index in [0.29, 0.717) is 12.2 Å². The Bertz CT molecular complexity index is 120. The minimum absolute atomic E-state index is 0.189. The summed E-state index contributed by atoms with van der Waals surface area (Å²) in [5.41, 5.74) is 0. The summed E-state index contributed by atoms with van der Waals surface area (Å²) in [5.74, 6) is 1.13. The normalized spacial score (nSPS) is 9.83. The van der Waals surface area contributed by atoms with Crippen LogP contribution in [0.25, 0.3) is 0 Å². The lowest BCUT2D eigenvalue weighted by Gasteiger charge is -1.99. The van der Waals surface area contributed by atoms with Gasteiger partial charge >= 0.3 is 5.97 Å². The maximum Gasteiger partial charge on any atom is 0.315 e. The number of methoxy groups -OCH3 is 1. The average molecular weight is 194 g/mol. The molecule has 0 aliphatic rings. The largest absolute Gasteiger partial charge is 0.468 e. The molecule has 0 aromatic heterocycles. The average Bonchev–Trinajstić information content (AvgIpc) is 2.10. The fourth-order valence-electron chi connectivity index (χ4n) is 0.690. The Morgan fingerprint density at radius 2 is 2.17 bits per heavy atom. The number of esters is 1. The molecule has 0 spiro atoms. The van der Waals surface area contributed by atoms with Crippen molar-refractivity contribution in [2.75, 3.05) is 25.3 Å². The second kappa shape index (κ2) is 8.84. The van der Waals surface area contributed by atoms with Gasteiger partial charge in [0.15, 0.2) is 0 Å². The maximum atomic E-state index is 11.6. The van der Waals surface area contributed by atoms with Crippen molar-refractivity contribution in [1.82, 2.24) is 0 Å². The van der Waals surface area contributed by atoms with E-state index in [1.165, 1.54) is 18.9 Å². The quantitative estimate of drug-likeness (QED) is 0.458. The Labute approximate surface area is 76.9 Å². The summed E-state index contributed by atoms with van der Waals surface area (Å²) in [6.45, 7) is -0.234. The molecular formula is C8H15FO2S. The number of carbonyl (C=O) groups excluding carboxylic acids is 1. The molecule has 0 fully saturated rings. The smallest absolute Gasteiger partial charge is 0.315 e. The second-order valence-electron chi connectivity index (χ2n) is 2.38. The van der Waals surface area contributed by atoms with E-state index in [-0.39, 0.29) is 12.6 Å². The maximum absolute atomic E-state index is 11.6. The summed E-state index contributed by atoms with van der Waals surface area (Å²) in [6.07, 6.45) is 2.52. The van der Waals surface area contributed by atoms with Gasteiger partial charge in [0.05, 0.1) is 19.5 Å². The van der Waals surface area contributed by atoms with Crippen molar-refractivity contribution < 1.29 is 13.9 Å². The first-order chi connectivity index (χ1) is 5.81. The van der Waals surface area contributed by atoms with Crippen molar-refractivity contribution >= 4 is 17.7 Å². The molecule has 0 aromatic carbocycles. The molecule has 0 unspecified atom stereocenters. The lowest BCUT2D eigenvalue weighted by atomic mass is 10.3. The summed E-state index contributed by atoms with van der Waals surface area (Å²) < 4.78 is 16.1. The van der Waals surface area contributed by atoms with Crippen LogP contribution in [0.4, 0.5) is 4.39 Å².